The molecule has 1 rings (SSSR count). The summed E-state index contributed by atoms with van der Waals surface area (Å²) in [4.78, 5) is 18.6. The first kappa shape index (κ1) is 15.0. The highest BCUT2D eigenvalue weighted by molar-refractivity contribution is 6.18. The predicted octanol–water partition coefficient (Wildman–Crippen LogP) is 3.18. The molecule has 0 radical (unpaired) electrons. The minimum Gasteiger partial charge on any atom is -0.337 e. The number of amides is 1. The fourth-order valence-electron chi connectivity index (χ4n) is 1.85. The van der Waals surface area contributed by atoms with E-state index in [0.29, 0.717) is 18.0 Å². The van der Waals surface area contributed by atoms with Gasteiger partial charge in [0.1, 0.15) is 0 Å². The molecule has 0 N–H and O–H groups in total. The SMILES string of the molecule is CCCCN(CCCl)C(=O)c1ccc(C)nc1C. The maximum atomic E-state index is 12.4. The Hall–Kier alpha value is -1.09. The summed E-state index contributed by atoms with van der Waals surface area (Å²) in [6.07, 6.45) is 2.07. The van der Waals surface area contributed by atoms with E-state index >= 15 is 0 Å². The van der Waals surface area contributed by atoms with Crippen LogP contribution < -0.4 is 0 Å². The molecule has 0 bridgehead atoms. The number of halogens is 1. The molecule has 1 aromatic rings. The van der Waals surface area contributed by atoms with Crippen molar-refractivity contribution >= 4 is 17.5 Å². The van der Waals surface area contributed by atoms with Crippen molar-refractivity contribution < 1.29 is 4.79 Å². The maximum Gasteiger partial charge on any atom is 0.255 e. The number of hydrogen-bond donors (Lipinski definition) is 0. The summed E-state index contributed by atoms with van der Waals surface area (Å²) in [6.45, 7) is 7.26. The van der Waals surface area contributed by atoms with Gasteiger partial charge in [0.25, 0.3) is 5.91 Å². The Bertz CT molecular complexity index is 407. The minimum absolute atomic E-state index is 0.0362. The molecule has 0 fully saturated rings. The van der Waals surface area contributed by atoms with Crippen LogP contribution in [-0.4, -0.2) is 34.8 Å². The summed E-state index contributed by atoms with van der Waals surface area (Å²) in [6, 6.07) is 3.73. The monoisotopic (exact) mass is 268 g/mol. The first-order chi connectivity index (χ1) is 8.60. The highest BCUT2D eigenvalue weighted by atomic mass is 35.5. The van der Waals surface area contributed by atoms with Gasteiger partial charge >= 0.3 is 0 Å². The molecule has 0 aromatic carbocycles. The van der Waals surface area contributed by atoms with Crippen LogP contribution in [0.1, 0.15) is 41.5 Å². The van der Waals surface area contributed by atoms with Gasteiger partial charge in [-0.2, -0.15) is 0 Å². The Kier molecular flexibility index (Phi) is 6.13. The lowest BCUT2D eigenvalue weighted by molar-refractivity contribution is 0.0762. The number of pyridine rings is 1. The smallest absolute Gasteiger partial charge is 0.255 e. The van der Waals surface area contributed by atoms with Gasteiger partial charge in [0, 0.05) is 24.7 Å². The molecule has 0 aliphatic rings. The summed E-state index contributed by atoms with van der Waals surface area (Å²) in [5.41, 5.74) is 2.40. The summed E-state index contributed by atoms with van der Waals surface area (Å²) < 4.78 is 0. The van der Waals surface area contributed by atoms with Crippen LogP contribution in [0.25, 0.3) is 0 Å². The van der Waals surface area contributed by atoms with Gasteiger partial charge in [0.2, 0.25) is 0 Å². The highest BCUT2D eigenvalue weighted by Crippen LogP contribution is 2.11. The second-order valence-electron chi connectivity index (χ2n) is 4.42. The van der Waals surface area contributed by atoms with Gasteiger partial charge in [-0.05, 0) is 32.4 Å². The second-order valence-corrected chi connectivity index (χ2v) is 4.80. The molecule has 0 saturated heterocycles. The molecule has 1 heterocycles. The minimum atomic E-state index is 0.0362. The van der Waals surface area contributed by atoms with Crippen molar-refractivity contribution in [2.75, 3.05) is 19.0 Å². The van der Waals surface area contributed by atoms with E-state index in [2.05, 4.69) is 11.9 Å². The van der Waals surface area contributed by atoms with Crippen molar-refractivity contribution in [1.82, 2.24) is 9.88 Å². The molecule has 4 heteroatoms. The predicted molar refractivity (Wildman–Crippen MR) is 75.2 cm³/mol. The van der Waals surface area contributed by atoms with Crippen LogP contribution in [-0.2, 0) is 0 Å². The molecule has 0 aliphatic heterocycles. The first-order valence-corrected chi connectivity index (χ1v) is 6.93. The Morgan fingerprint density at radius 1 is 1.33 bits per heavy atom. The first-order valence-electron chi connectivity index (χ1n) is 6.39. The van der Waals surface area contributed by atoms with Crippen molar-refractivity contribution in [1.29, 1.82) is 0 Å². The number of nitrogens with zero attached hydrogens (tertiary/aromatic N) is 2. The van der Waals surface area contributed by atoms with Crippen LogP contribution in [0.2, 0.25) is 0 Å². The van der Waals surface area contributed by atoms with Crippen LogP contribution in [0.4, 0.5) is 0 Å². The quantitative estimate of drug-likeness (QED) is 0.743. The van der Waals surface area contributed by atoms with Crippen LogP contribution in [0.5, 0.6) is 0 Å². The largest absolute Gasteiger partial charge is 0.337 e. The summed E-state index contributed by atoms with van der Waals surface area (Å²) in [7, 11) is 0. The van der Waals surface area contributed by atoms with Crippen molar-refractivity contribution in [3.63, 3.8) is 0 Å². The Morgan fingerprint density at radius 3 is 2.61 bits per heavy atom. The molecular weight excluding hydrogens is 248 g/mol. The van der Waals surface area contributed by atoms with Crippen molar-refractivity contribution in [3.05, 3.63) is 29.1 Å². The number of rotatable bonds is 6. The van der Waals surface area contributed by atoms with Gasteiger partial charge in [-0.1, -0.05) is 13.3 Å². The summed E-state index contributed by atoms with van der Waals surface area (Å²) in [5.74, 6) is 0.502. The molecule has 100 valence electrons. The molecule has 0 atom stereocenters. The van der Waals surface area contributed by atoms with E-state index in [9.17, 15) is 4.79 Å². The van der Waals surface area contributed by atoms with E-state index in [1.807, 2.05) is 30.9 Å². The molecule has 18 heavy (non-hydrogen) atoms. The number of carbonyl (C=O) groups excluding carboxylic acids is 1. The second kappa shape index (κ2) is 7.37. The van der Waals surface area contributed by atoms with E-state index in [4.69, 9.17) is 11.6 Å². The lowest BCUT2D eigenvalue weighted by atomic mass is 10.1. The zero-order valence-electron chi connectivity index (χ0n) is 11.4. The number of alkyl halides is 1. The van der Waals surface area contributed by atoms with Crippen molar-refractivity contribution in [2.45, 2.75) is 33.6 Å². The van der Waals surface area contributed by atoms with E-state index < -0.39 is 0 Å². The summed E-state index contributed by atoms with van der Waals surface area (Å²) in [5, 5.41) is 0. The third kappa shape index (κ3) is 3.98. The Labute approximate surface area is 114 Å². The fourth-order valence-corrected chi connectivity index (χ4v) is 2.05. The van der Waals surface area contributed by atoms with Crippen molar-refractivity contribution in [3.8, 4) is 0 Å². The van der Waals surface area contributed by atoms with Gasteiger partial charge in [-0.3, -0.25) is 9.78 Å². The highest BCUT2D eigenvalue weighted by Gasteiger charge is 2.17. The van der Waals surface area contributed by atoms with Gasteiger partial charge in [0.05, 0.1) is 11.3 Å². The van der Waals surface area contributed by atoms with Crippen molar-refractivity contribution in [2.24, 2.45) is 0 Å². The Morgan fingerprint density at radius 2 is 2.06 bits per heavy atom. The van der Waals surface area contributed by atoms with Crippen LogP contribution in [0.3, 0.4) is 0 Å². The van der Waals surface area contributed by atoms with Gasteiger partial charge in [-0.15, -0.1) is 11.6 Å². The molecule has 3 nitrogen and oxygen atoms in total. The topological polar surface area (TPSA) is 33.2 Å². The zero-order chi connectivity index (χ0) is 13.5. The number of aryl methyl sites for hydroxylation is 2. The molecule has 0 aliphatic carbocycles. The number of aromatic nitrogens is 1. The molecule has 1 aromatic heterocycles. The van der Waals surface area contributed by atoms with E-state index in [-0.39, 0.29) is 5.91 Å². The average molecular weight is 269 g/mol. The molecular formula is C14H21ClN2O. The average Bonchev–Trinajstić information content (AvgIpc) is 2.33. The van der Waals surface area contributed by atoms with Gasteiger partial charge in [-0.25, -0.2) is 0 Å². The number of hydrogen-bond acceptors (Lipinski definition) is 2. The third-order valence-corrected chi connectivity index (χ3v) is 3.05. The molecule has 0 spiro atoms. The van der Waals surface area contributed by atoms with E-state index in [1.54, 1.807) is 0 Å². The molecule has 1 amide bonds. The van der Waals surface area contributed by atoms with E-state index in [0.717, 1.165) is 30.8 Å². The van der Waals surface area contributed by atoms with Crippen LogP contribution in [0, 0.1) is 13.8 Å². The number of carbonyl (C=O) groups is 1. The third-order valence-electron chi connectivity index (χ3n) is 2.88. The zero-order valence-corrected chi connectivity index (χ0v) is 12.1. The lowest BCUT2D eigenvalue weighted by Gasteiger charge is -2.22. The maximum absolute atomic E-state index is 12.4. The van der Waals surface area contributed by atoms with Gasteiger partial charge in [0.15, 0.2) is 0 Å². The molecule has 0 unspecified atom stereocenters. The summed E-state index contributed by atoms with van der Waals surface area (Å²) >= 11 is 5.76. The number of unbranched alkanes of at least 4 members (excludes halogenated alkanes) is 1. The van der Waals surface area contributed by atoms with E-state index in [1.165, 1.54) is 0 Å². The van der Waals surface area contributed by atoms with Crippen LogP contribution in [0.15, 0.2) is 12.1 Å². The Balaban J connectivity index is 2.87. The fraction of sp³-hybridized carbons (Fsp3) is 0.571. The normalized spacial score (nSPS) is 10.4. The standard InChI is InChI=1S/C14H21ClN2O/c1-4-5-9-17(10-8-15)14(18)13-7-6-11(2)16-12(13)3/h6-7H,4-5,8-10H2,1-3H3. The lowest BCUT2D eigenvalue weighted by Crippen LogP contribution is -2.34. The molecule has 0 saturated carbocycles. The van der Waals surface area contributed by atoms with Gasteiger partial charge < -0.3 is 4.90 Å². The van der Waals surface area contributed by atoms with Crippen LogP contribution >= 0.6 is 11.6 Å².